The van der Waals surface area contributed by atoms with Gasteiger partial charge in [-0.05, 0) is 38.7 Å². The lowest BCUT2D eigenvalue weighted by molar-refractivity contribution is 0.0722. The number of carbonyl (C=O) groups is 1. The molecule has 1 saturated heterocycles. The van der Waals surface area contributed by atoms with E-state index in [4.69, 9.17) is 0 Å². The van der Waals surface area contributed by atoms with Crippen LogP contribution in [0.2, 0.25) is 0 Å². The average molecular weight is 233 g/mol. The Hall–Kier alpha value is -1.45. The van der Waals surface area contributed by atoms with Crippen LogP contribution in [-0.4, -0.2) is 34.1 Å². The van der Waals surface area contributed by atoms with Crippen molar-refractivity contribution >= 4 is 5.91 Å². The van der Waals surface area contributed by atoms with Crippen molar-refractivity contribution in [2.75, 3.05) is 13.1 Å². The fourth-order valence-corrected chi connectivity index (χ4v) is 2.23. The Balaban J connectivity index is 2.25. The number of amides is 1. The van der Waals surface area contributed by atoms with Crippen LogP contribution in [-0.2, 0) is 6.42 Å². The van der Waals surface area contributed by atoms with E-state index < -0.39 is 0 Å². The van der Waals surface area contributed by atoms with E-state index in [1.807, 2.05) is 24.8 Å². The van der Waals surface area contributed by atoms with Gasteiger partial charge in [0.2, 0.25) is 0 Å². The van der Waals surface area contributed by atoms with Gasteiger partial charge in [-0.3, -0.25) is 4.79 Å². The summed E-state index contributed by atoms with van der Waals surface area (Å²) in [4.78, 5) is 14.3. The molecule has 1 amide bonds. The van der Waals surface area contributed by atoms with Crippen LogP contribution in [0.4, 0.5) is 0 Å². The van der Waals surface area contributed by atoms with Crippen LogP contribution in [0.5, 0.6) is 0 Å². The SMILES string of the molecule is CCc1nnc(C)cc1C(=O)N1CCCCC1. The fraction of sp³-hybridized carbons (Fsp3) is 0.615. The highest BCUT2D eigenvalue weighted by Gasteiger charge is 2.21. The maximum Gasteiger partial charge on any atom is 0.255 e. The number of aryl methyl sites for hydroxylation is 2. The number of likely N-dealkylation sites (tertiary alicyclic amines) is 1. The van der Waals surface area contributed by atoms with E-state index in [1.54, 1.807) is 0 Å². The maximum absolute atomic E-state index is 12.4. The largest absolute Gasteiger partial charge is 0.339 e. The van der Waals surface area contributed by atoms with Gasteiger partial charge in [0.05, 0.1) is 17.0 Å². The lowest BCUT2D eigenvalue weighted by atomic mass is 10.1. The second kappa shape index (κ2) is 5.25. The molecule has 4 nitrogen and oxygen atoms in total. The summed E-state index contributed by atoms with van der Waals surface area (Å²) in [6, 6.07) is 1.86. The Kier molecular flexibility index (Phi) is 3.71. The Morgan fingerprint density at radius 2 is 2.00 bits per heavy atom. The Labute approximate surface area is 102 Å². The number of hydrogen-bond acceptors (Lipinski definition) is 3. The molecule has 17 heavy (non-hydrogen) atoms. The molecule has 4 heteroatoms. The van der Waals surface area contributed by atoms with E-state index in [-0.39, 0.29) is 5.91 Å². The average Bonchev–Trinajstić information content (AvgIpc) is 2.39. The van der Waals surface area contributed by atoms with Crippen LogP contribution in [0.3, 0.4) is 0 Å². The molecule has 1 aliphatic heterocycles. The second-order valence-corrected chi connectivity index (χ2v) is 4.55. The summed E-state index contributed by atoms with van der Waals surface area (Å²) in [7, 11) is 0. The zero-order valence-corrected chi connectivity index (χ0v) is 10.6. The number of piperidine rings is 1. The van der Waals surface area contributed by atoms with Crippen LogP contribution in [0, 0.1) is 6.92 Å². The first-order chi connectivity index (χ1) is 8.22. The van der Waals surface area contributed by atoms with Crippen LogP contribution in [0.15, 0.2) is 6.07 Å². The fourth-order valence-electron chi connectivity index (χ4n) is 2.23. The van der Waals surface area contributed by atoms with Gasteiger partial charge in [0.15, 0.2) is 0 Å². The van der Waals surface area contributed by atoms with Crippen LogP contribution < -0.4 is 0 Å². The lowest BCUT2D eigenvalue weighted by Crippen LogP contribution is -2.36. The number of hydrogen-bond donors (Lipinski definition) is 0. The molecule has 1 aromatic rings. The van der Waals surface area contributed by atoms with Gasteiger partial charge in [-0.1, -0.05) is 6.92 Å². The Morgan fingerprint density at radius 3 is 2.65 bits per heavy atom. The van der Waals surface area contributed by atoms with E-state index in [0.29, 0.717) is 0 Å². The summed E-state index contributed by atoms with van der Waals surface area (Å²) in [6.07, 6.45) is 4.22. The minimum atomic E-state index is 0.125. The van der Waals surface area contributed by atoms with Crippen molar-refractivity contribution in [3.8, 4) is 0 Å². The monoisotopic (exact) mass is 233 g/mol. The molecule has 0 radical (unpaired) electrons. The van der Waals surface area contributed by atoms with Crippen molar-refractivity contribution < 1.29 is 4.79 Å². The zero-order chi connectivity index (χ0) is 12.3. The van der Waals surface area contributed by atoms with Gasteiger partial charge in [-0.15, -0.1) is 0 Å². The molecule has 92 valence electrons. The van der Waals surface area contributed by atoms with Crippen molar-refractivity contribution in [1.82, 2.24) is 15.1 Å². The van der Waals surface area contributed by atoms with Gasteiger partial charge in [0, 0.05) is 13.1 Å². The zero-order valence-electron chi connectivity index (χ0n) is 10.6. The summed E-state index contributed by atoms with van der Waals surface area (Å²) < 4.78 is 0. The van der Waals surface area contributed by atoms with Crippen LogP contribution >= 0.6 is 0 Å². The lowest BCUT2D eigenvalue weighted by Gasteiger charge is -2.27. The number of nitrogens with zero attached hydrogens (tertiary/aromatic N) is 3. The highest BCUT2D eigenvalue weighted by Crippen LogP contribution is 2.15. The van der Waals surface area contributed by atoms with Crippen LogP contribution in [0.1, 0.15) is 47.9 Å². The summed E-state index contributed by atoms with van der Waals surface area (Å²) in [5.41, 5.74) is 2.36. The molecule has 2 heterocycles. The minimum absolute atomic E-state index is 0.125. The van der Waals surface area contributed by atoms with E-state index in [2.05, 4.69) is 10.2 Å². The number of aromatic nitrogens is 2. The van der Waals surface area contributed by atoms with Gasteiger partial charge >= 0.3 is 0 Å². The van der Waals surface area contributed by atoms with Gasteiger partial charge in [-0.2, -0.15) is 10.2 Å². The quantitative estimate of drug-likeness (QED) is 0.784. The minimum Gasteiger partial charge on any atom is -0.339 e. The third-order valence-corrected chi connectivity index (χ3v) is 3.20. The molecule has 0 aliphatic carbocycles. The first-order valence-corrected chi connectivity index (χ1v) is 6.35. The summed E-state index contributed by atoms with van der Waals surface area (Å²) in [6.45, 7) is 5.64. The predicted octanol–water partition coefficient (Wildman–Crippen LogP) is 1.97. The van der Waals surface area contributed by atoms with Gasteiger partial charge in [0.1, 0.15) is 0 Å². The molecule has 0 atom stereocenters. The third-order valence-electron chi connectivity index (χ3n) is 3.20. The van der Waals surface area contributed by atoms with E-state index in [9.17, 15) is 4.79 Å². The molecular formula is C13H19N3O. The molecule has 0 N–H and O–H groups in total. The molecule has 0 aromatic carbocycles. The third kappa shape index (κ3) is 2.62. The first kappa shape index (κ1) is 12.0. The molecule has 1 fully saturated rings. The van der Waals surface area contributed by atoms with Crippen molar-refractivity contribution in [3.05, 3.63) is 23.0 Å². The number of rotatable bonds is 2. The maximum atomic E-state index is 12.4. The standard InChI is InChI=1S/C13H19N3O/c1-3-12-11(9-10(2)14-15-12)13(17)16-7-5-4-6-8-16/h9H,3-8H2,1-2H3. The highest BCUT2D eigenvalue weighted by molar-refractivity contribution is 5.95. The second-order valence-electron chi connectivity index (χ2n) is 4.55. The molecular weight excluding hydrogens is 214 g/mol. The number of carbonyl (C=O) groups excluding carboxylic acids is 1. The predicted molar refractivity (Wildman–Crippen MR) is 65.9 cm³/mol. The molecule has 0 bridgehead atoms. The normalized spacial score (nSPS) is 16.0. The Morgan fingerprint density at radius 1 is 1.29 bits per heavy atom. The van der Waals surface area contributed by atoms with Gasteiger partial charge in [0.25, 0.3) is 5.91 Å². The van der Waals surface area contributed by atoms with Crippen molar-refractivity contribution in [3.63, 3.8) is 0 Å². The summed E-state index contributed by atoms with van der Waals surface area (Å²) >= 11 is 0. The smallest absolute Gasteiger partial charge is 0.255 e. The molecule has 0 spiro atoms. The molecule has 0 saturated carbocycles. The van der Waals surface area contributed by atoms with E-state index >= 15 is 0 Å². The Bertz CT molecular complexity index is 411. The topological polar surface area (TPSA) is 46.1 Å². The van der Waals surface area contributed by atoms with Gasteiger partial charge in [-0.25, -0.2) is 0 Å². The van der Waals surface area contributed by atoms with Crippen LogP contribution in [0.25, 0.3) is 0 Å². The summed E-state index contributed by atoms with van der Waals surface area (Å²) in [5.74, 6) is 0.125. The van der Waals surface area contributed by atoms with Crippen molar-refractivity contribution in [2.24, 2.45) is 0 Å². The molecule has 1 aliphatic rings. The van der Waals surface area contributed by atoms with Crippen molar-refractivity contribution in [1.29, 1.82) is 0 Å². The van der Waals surface area contributed by atoms with E-state index in [1.165, 1.54) is 6.42 Å². The molecule has 1 aromatic heterocycles. The van der Waals surface area contributed by atoms with Gasteiger partial charge < -0.3 is 4.90 Å². The highest BCUT2D eigenvalue weighted by atomic mass is 16.2. The first-order valence-electron chi connectivity index (χ1n) is 6.35. The van der Waals surface area contributed by atoms with E-state index in [0.717, 1.165) is 49.3 Å². The molecule has 0 unspecified atom stereocenters. The summed E-state index contributed by atoms with van der Waals surface area (Å²) in [5, 5.41) is 8.13. The van der Waals surface area contributed by atoms with Crippen molar-refractivity contribution in [2.45, 2.75) is 39.5 Å². The molecule has 2 rings (SSSR count).